The second kappa shape index (κ2) is 5.51. The monoisotopic (exact) mass is 239 g/mol. The first-order valence-electron chi connectivity index (χ1n) is 5.88. The van der Waals surface area contributed by atoms with Gasteiger partial charge in [-0.05, 0) is 25.1 Å². The van der Waals surface area contributed by atoms with Crippen LogP contribution in [0.1, 0.15) is 13.3 Å². The first-order chi connectivity index (χ1) is 7.79. The summed E-state index contributed by atoms with van der Waals surface area (Å²) in [4.78, 5) is 8.90. The van der Waals surface area contributed by atoms with Crippen LogP contribution in [0.15, 0.2) is 18.3 Å². The number of rotatable bonds is 3. The Bertz CT molecular complexity index is 335. The molecule has 1 fully saturated rings. The molecule has 0 radical (unpaired) electrons. The van der Waals surface area contributed by atoms with Crippen molar-refractivity contribution in [3.05, 3.63) is 23.5 Å². The first-order valence-corrected chi connectivity index (χ1v) is 6.26. The molecule has 4 heteroatoms. The van der Waals surface area contributed by atoms with Gasteiger partial charge in [0.25, 0.3) is 0 Å². The second-order valence-electron chi connectivity index (χ2n) is 4.17. The summed E-state index contributed by atoms with van der Waals surface area (Å²) in [6.45, 7) is 7.90. The second-order valence-corrected chi connectivity index (χ2v) is 4.55. The largest absolute Gasteiger partial charge is 0.369 e. The molecule has 3 nitrogen and oxygen atoms in total. The zero-order valence-electron chi connectivity index (χ0n) is 9.69. The lowest BCUT2D eigenvalue weighted by Gasteiger charge is -2.35. The van der Waals surface area contributed by atoms with Gasteiger partial charge in [0.15, 0.2) is 0 Å². The minimum absolute atomic E-state index is 0.577. The van der Waals surface area contributed by atoms with Gasteiger partial charge in [0.05, 0.1) is 0 Å². The molecular formula is C12H18ClN3. The molecule has 0 unspecified atom stereocenters. The fraction of sp³-hybridized carbons (Fsp3) is 0.583. The van der Waals surface area contributed by atoms with E-state index in [0.717, 1.165) is 26.2 Å². The molecule has 0 saturated carbocycles. The summed E-state index contributed by atoms with van der Waals surface area (Å²) in [6, 6.07) is 3.97. The van der Waals surface area contributed by atoms with Gasteiger partial charge in [-0.3, -0.25) is 4.90 Å². The lowest BCUT2D eigenvalue weighted by molar-refractivity contribution is 0.258. The number of halogens is 1. The molecule has 0 bridgehead atoms. The van der Waals surface area contributed by atoms with E-state index >= 15 is 0 Å². The number of piperazine rings is 1. The highest BCUT2D eigenvalue weighted by atomic mass is 35.5. The molecule has 2 rings (SSSR count). The Morgan fingerprint density at radius 1 is 1.31 bits per heavy atom. The number of anilines is 1. The molecule has 16 heavy (non-hydrogen) atoms. The van der Waals surface area contributed by atoms with Crippen molar-refractivity contribution in [2.75, 3.05) is 37.6 Å². The maximum Gasteiger partial charge on any atom is 0.131 e. The summed E-state index contributed by atoms with van der Waals surface area (Å²) in [7, 11) is 0. The van der Waals surface area contributed by atoms with Crippen LogP contribution in [0.4, 0.5) is 5.69 Å². The molecule has 1 aliphatic heterocycles. The van der Waals surface area contributed by atoms with Gasteiger partial charge in [0.1, 0.15) is 5.15 Å². The molecule has 1 aromatic heterocycles. The van der Waals surface area contributed by atoms with Crippen molar-refractivity contribution < 1.29 is 0 Å². The molecule has 0 amide bonds. The highest BCUT2D eigenvalue weighted by Gasteiger charge is 2.16. The van der Waals surface area contributed by atoms with Gasteiger partial charge >= 0.3 is 0 Å². The number of nitrogens with zero attached hydrogens (tertiary/aromatic N) is 3. The summed E-state index contributed by atoms with van der Waals surface area (Å²) < 4.78 is 0. The Morgan fingerprint density at radius 2 is 2.06 bits per heavy atom. The number of aromatic nitrogens is 1. The van der Waals surface area contributed by atoms with Crippen molar-refractivity contribution in [3.8, 4) is 0 Å². The molecule has 0 N–H and O–H groups in total. The van der Waals surface area contributed by atoms with Crippen molar-refractivity contribution >= 4 is 17.3 Å². The van der Waals surface area contributed by atoms with Crippen molar-refractivity contribution in [1.82, 2.24) is 9.88 Å². The Hall–Kier alpha value is -0.800. The van der Waals surface area contributed by atoms with Crippen LogP contribution in [0, 0.1) is 0 Å². The maximum atomic E-state index is 5.89. The lowest BCUT2D eigenvalue weighted by Crippen LogP contribution is -2.46. The topological polar surface area (TPSA) is 19.4 Å². The SMILES string of the molecule is CCCN1CCN(c2ccnc(Cl)c2)CC1. The fourth-order valence-electron chi connectivity index (χ4n) is 2.13. The summed E-state index contributed by atoms with van der Waals surface area (Å²) in [5.74, 6) is 0. The smallest absolute Gasteiger partial charge is 0.131 e. The summed E-state index contributed by atoms with van der Waals surface area (Å²) in [6.07, 6.45) is 3.01. The minimum Gasteiger partial charge on any atom is -0.369 e. The molecule has 0 spiro atoms. The lowest BCUT2D eigenvalue weighted by atomic mass is 10.2. The van der Waals surface area contributed by atoms with Gasteiger partial charge in [-0.25, -0.2) is 4.98 Å². The van der Waals surface area contributed by atoms with Crippen LogP contribution in [0.25, 0.3) is 0 Å². The van der Waals surface area contributed by atoms with Crippen LogP contribution >= 0.6 is 11.6 Å². The Balaban J connectivity index is 1.94. The van der Waals surface area contributed by atoms with E-state index in [2.05, 4.69) is 21.7 Å². The summed E-state index contributed by atoms with van der Waals surface area (Å²) in [5, 5.41) is 0.577. The van der Waals surface area contributed by atoms with Crippen LogP contribution in [-0.4, -0.2) is 42.6 Å². The van der Waals surface area contributed by atoms with Gasteiger partial charge < -0.3 is 4.90 Å². The van der Waals surface area contributed by atoms with Crippen LogP contribution in [0.5, 0.6) is 0 Å². The quantitative estimate of drug-likeness (QED) is 0.755. The van der Waals surface area contributed by atoms with E-state index in [-0.39, 0.29) is 0 Å². The molecular weight excluding hydrogens is 222 g/mol. The standard InChI is InChI=1S/C12H18ClN3/c1-2-5-15-6-8-16(9-7-15)11-3-4-14-12(13)10-11/h3-4,10H,2,5-9H2,1H3. The van der Waals surface area contributed by atoms with E-state index in [0.29, 0.717) is 5.15 Å². The fourth-order valence-corrected chi connectivity index (χ4v) is 2.30. The number of pyridine rings is 1. The predicted molar refractivity (Wildman–Crippen MR) is 68.2 cm³/mol. The Morgan fingerprint density at radius 3 is 2.69 bits per heavy atom. The molecule has 1 aliphatic rings. The third kappa shape index (κ3) is 2.86. The van der Waals surface area contributed by atoms with Crippen LogP contribution in [-0.2, 0) is 0 Å². The van der Waals surface area contributed by atoms with Crippen LogP contribution in [0.2, 0.25) is 5.15 Å². The maximum absolute atomic E-state index is 5.89. The molecule has 88 valence electrons. The van der Waals surface area contributed by atoms with E-state index in [4.69, 9.17) is 11.6 Å². The van der Waals surface area contributed by atoms with Gasteiger partial charge in [-0.15, -0.1) is 0 Å². The van der Waals surface area contributed by atoms with Crippen molar-refractivity contribution in [3.63, 3.8) is 0 Å². The van der Waals surface area contributed by atoms with E-state index < -0.39 is 0 Å². The number of hydrogen-bond donors (Lipinski definition) is 0. The first kappa shape index (κ1) is 11.7. The zero-order chi connectivity index (χ0) is 11.4. The predicted octanol–water partition coefficient (Wildman–Crippen LogP) is 2.27. The van der Waals surface area contributed by atoms with Gasteiger partial charge in [0.2, 0.25) is 0 Å². The average molecular weight is 240 g/mol. The van der Waals surface area contributed by atoms with E-state index in [1.807, 2.05) is 12.1 Å². The minimum atomic E-state index is 0.577. The average Bonchev–Trinajstić information content (AvgIpc) is 2.30. The Labute approximate surface area is 102 Å². The van der Waals surface area contributed by atoms with Crippen molar-refractivity contribution in [1.29, 1.82) is 0 Å². The molecule has 0 aliphatic carbocycles. The van der Waals surface area contributed by atoms with E-state index in [1.54, 1.807) is 6.20 Å². The molecule has 0 atom stereocenters. The van der Waals surface area contributed by atoms with Gasteiger partial charge in [0, 0.05) is 38.1 Å². The van der Waals surface area contributed by atoms with Crippen molar-refractivity contribution in [2.24, 2.45) is 0 Å². The molecule has 1 saturated heterocycles. The van der Waals surface area contributed by atoms with Crippen molar-refractivity contribution in [2.45, 2.75) is 13.3 Å². The summed E-state index contributed by atoms with van der Waals surface area (Å²) >= 11 is 5.89. The highest BCUT2D eigenvalue weighted by Crippen LogP contribution is 2.18. The van der Waals surface area contributed by atoms with E-state index in [9.17, 15) is 0 Å². The normalized spacial score (nSPS) is 17.8. The highest BCUT2D eigenvalue weighted by molar-refractivity contribution is 6.29. The van der Waals surface area contributed by atoms with Crippen LogP contribution < -0.4 is 4.90 Å². The van der Waals surface area contributed by atoms with Gasteiger partial charge in [-0.1, -0.05) is 18.5 Å². The molecule has 0 aromatic carbocycles. The Kier molecular flexibility index (Phi) is 4.02. The third-order valence-corrected chi connectivity index (χ3v) is 3.19. The molecule has 1 aromatic rings. The zero-order valence-corrected chi connectivity index (χ0v) is 10.5. The molecule has 2 heterocycles. The number of hydrogen-bond acceptors (Lipinski definition) is 3. The van der Waals surface area contributed by atoms with E-state index in [1.165, 1.54) is 18.7 Å². The van der Waals surface area contributed by atoms with Gasteiger partial charge in [-0.2, -0.15) is 0 Å². The third-order valence-electron chi connectivity index (χ3n) is 2.99. The van der Waals surface area contributed by atoms with Crippen LogP contribution in [0.3, 0.4) is 0 Å². The summed E-state index contributed by atoms with van der Waals surface area (Å²) in [5.41, 5.74) is 1.19.